The standard InChI is InChI=1S/C68H42N2O2S/c1-3-21-43(22-4-1)47-27-11-15-35-55(47)69(57-37-19-33-53-51-31-13-17-39-61(51)71-65(53)57)59-41-45-25-7-9-29-49(45)63-64-50-30-10-8-26-46(50)42-60(68(64)73-67(59)63)70(56-36-16-12-28-48(56)44-23-5-2-6-24-44)58-38-20-34-54-52-32-14-18-40-62(52)72-66(54)58/h1-42H. The summed E-state index contributed by atoms with van der Waals surface area (Å²) >= 11 is 1.86. The Morgan fingerprint density at radius 2 is 0.630 bits per heavy atom. The second kappa shape index (κ2) is 16.6. The minimum Gasteiger partial charge on any atom is -0.454 e. The quantitative estimate of drug-likeness (QED) is 0.152. The highest BCUT2D eigenvalue weighted by atomic mass is 32.1. The summed E-state index contributed by atoms with van der Waals surface area (Å²) < 4.78 is 16.3. The van der Waals surface area contributed by atoms with E-state index in [1.54, 1.807) is 0 Å². The fraction of sp³-hybridized carbons (Fsp3) is 0. The Kier molecular flexibility index (Phi) is 9.41. The number of rotatable bonds is 8. The van der Waals surface area contributed by atoms with Crippen molar-refractivity contribution >= 4 is 131 Å². The lowest BCUT2D eigenvalue weighted by molar-refractivity contribution is 0.669. The number of anilines is 6. The Bertz CT molecular complexity index is 4350. The SMILES string of the molecule is c1ccc(-c2ccccc2N(c2cccc3c2oc2ccccc23)c2cc3ccccc3c3c2sc2c(N(c4ccccc4-c4ccccc4)c4cccc5c4oc4ccccc45)cc4ccccc4c23)cc1. The van der Waals surface area contributed by atoms with E-state index in [1.807, 2.05) is 11.3 Å². The van der Waals surface area contributed by atoms with Gasteiger partial charge in [-0.2, -0.15) is 0 Å². The molecule has 0 unspecified atom stereocenters. The van der Waals surface area contributed by atoms with Crippen LogP contribution in [0.2, 0.25) is 0 Å². The third kappa shape index (κ3) is 6.46. The van der Waals surface area contributed by atoms with E-state index in [1.165, 1.54) is 30.9 Å². The fourth-order valence-electron chi connectivity index (χ4n) is 11.4. The summed E-state index contributed by atoms with van der Waals surface area (Å²) in [6.45, 7) is 0. The van der Waals surface area contributed by atoms with Crippen LogP contribution in [0.5, 0.6) is 0 Å². The molecule has 15 aromatic rings. The number of benzene rings is 12. The molecule has 12 aromatic carbocycles. The van der Waals surface area contributed by atoms with E-state index in [0.29, 0.717) is 0 Å². The average molecular weight is 951 g/mol. The molecule has 0 bridgehead atoms. The molecule has 4 nitrogen and oxygen atoms in total. The van der Waals surface area contributed by atoms with Crippen LogP contribution in [-0.2, 0) is 0 Å². The van der Waals surface area contributed by atoms with Crippen LogP contribution in [0.15, 0.2) is 264 Å². The van der Waals surface area contributed by atoms with Crippen molar-refractivity contribution in [1.29, 1.82) is 0 Å². The first kappa shape index (κ1) is 41.4. The number of hydrogen-bond donors (Lipinski definition) is 0. The molecule has 0 aliphatic heterocycles. The molecule has 0 aliphatic carbocycles. The lowest BCUT2D eigenvalue weighted by atomic mass is 9.96. The topological polar surface area (TPSA) is 32.8 Å². The molecule has 0 aliphatic rings. The summed E-state index contributed by atoms with van der Waals surface area (Å²) in [5.74, 6) is 0. The third-order valence-electron chi connectivity index (χ3n) is 14.6. The van der Waals surface area contributed by atoms with Crippen molar-refractivity contribution < 1.29 is 8.83 Å². The van der Waals surface area contributed by atoms with Gasteiger partial charge in [-0.15, -0.1) is 11.3 Å². The van der Waals surface area contributed by atoms with E-state index in [0.717, 1.165) is 111 Å². The second-order valence-corrected chi connectivity index (χ2v) is 19.7. The molecule has 0 N–H and O–H groups in total. The lowest BCUT2D eigenvalue weighted by Gasteiger charge is -2.29. The van der Waals surface area contributed by atoms with Gasteiger partial charge in [-0.05, 0) is 81.2 Å². The zero-order chi connectivity index (χ0) is 48.0. The number of furan rings is 2. The lowest BCUT2D eigenvalue weighted by Crippen LogP contribution is -2.12. The maximum atomic E-state index is 6.97. The molecule has 0 radical (unpaired) electrons. The van der Waals surface area contributed by atoms with Crippen molar-refractivity contribution in [3.63, 3.8) is 0 Å². The number of fused-ring (bicyclic) bond motifs is 13. The van der Waals surface area contributed by atoms with E-state index in [9.17, 15) is 0 Å². The van der Waals surface area contributed by atoms with Crippen molar-refractivity contribution in [2.24, 2.45) is 0 Å². The fourth-order valence-corrected chi connectivity index (χ4v) is 12.8. The zero-order valence-corrected chi connectivity index (χ0v) is 40.2. The smallest absolute Gasteiger partial charge is 0.159 e. The zero-order valence-electron chi connectivity index (χ0n) is 39.4. The van der Waals surface area contributed by atoms with Gasteiger partial charge in [0.25, 0.3) is 0 Å². The van der Waals surface area contributed by atoms with Gasteiger partial charge in [-0.3, -0.25) is 0 Å². The van der Waals surface area contributed by atoms with Crippen molar-refractivity contribution in [2.45, 2.75) is 0 Å². The van der Waals surface area contributed by atoms with E-state index in [4.69, 9.17) is 8.83 Å². The minimum atomic E-state index is 0.836. The maximum absolute atomic E-state index is 6.97. The van der Waals surface area contributed by atoms with E-state index in [-0.39, 0.29) is 0 Å². The Morgan fingerprint density at radius 3 is 1.10 bits per heavy atom. The second-order valence-electron chi connectivity index (χ2n) is 18.7. The van der Waals surface area contributed by atoms with E-state index in [2.05, 4.69) is 265 Å². The van der Waals surface area contributed by atoms with E-state index < -0.39 is 0 Å². The third-order valence-corrected chi connectivity index (χ3v) is 15.8. The van der Waals surface area contributed by atoms with Crippen LogP contribution >= 0.6 is 11.3 Å². The normalized spacial score (nSPS) is 11.8. The Balaban J connectivity index is 1.11. The molecule has 73 heavy (non-hydrogen) atoms. The molecule has 0 spiro atoms. The van der Waals surface area contributed by atoms with Gasteiger partial charge >= 0.3 is 0 Å². The van der Waals surface area contributed by atoms with Crippen molar-refractivity contribution in [2.75, 3.05) is 9.80 Å². The molecule has 0 saturated carbocycles. The molecule has 5 heteroatoms. The molecule has 3 heterocycles. The van der Waals surface area contributed by atoms with Gasteiger partial charge in [-0.25, -0.2) is 0 Å². The average Bonchev–Trinajstić information content (AvgIpc) is 4.18. The molecular formula is C68H42N2O2S. The molecule has 0 fully saturated rings. The summed E-state index contributed by atoms with van der Waals surface area (Å²) in [5, 5.41) is 11.4. The predicted octanol–water partition coefficient (Wildman–Crippen LogP) is 20.4. The summed E-state index contributed by atoms with van der Waals surface area (Å²) in [5.41, 5.74) is 14.1. The highest BCUT2D eigenvalue weighted by molar-refractivity contribution is 7.27. The van der Waals surface area contributed by atoms with E-state index >= 15 is 0 Å². The molecule has 0 amide bonds. The van der Waals surface area contributed by atoms with Crippen molar-refractivity contribution in [3.05, 3.63) is 255 Å². The summed E-state index contributed by atoms with van der Waals surface area (Å²) in [7, 11) is 0. The van der Waals surface area contributed by atoms with Crippen LogP contribution in [-0.4, -0.2) is 0 Å². The first-order valence-corrected chi connectivity index (χ1v) is 25.6. The van der Waals surface area contributed by atoms with Crippen LogP contribution < -0.4 is 9.80 Å². The van der Waals surface area contributed by atoms with Crippen LogP contribution in [0.25, 0.3) is 108 Å². The first-order chi connectivity index (χ1) is 36.2. The van der Waals surface area contributed by atoms with Gasteiger partial charge < -0.3 is 18.6 Å². The van der Waals surface area contributed by atoms with Gasteiger partial charge in [0.2, 0.25) is 0 Å². The van der Waals surface area contributed by atoms with Crippen LogP contribution in [0.4, 0.5) is 34.1 Å². The van der Waals surface area contributed by atoms with Crippen molar-refractivity contribution in [1.82, 2.24) is 0 Å². The van der Waals surface area contributed by atoms with Crippen molar-refractivity contribution in [3.8, 4) is 22.3 Å². The molecule has 3 aromatic heterocycles. The van der Waals surface area contributed by atoms with Gasteiger partial charge in [0.1, 0.15) is 11.2 Å². The molecule has 15 rings (SSSR count). The van der Waals surface area contributed by atoms with Gasteiger partial charge in [0.15, 0.2) is 11.2 Å². The molecule has 0 atom stereocenters. The summed E-state index contributed by atoms with van der Waals surface area (Å²) in [4.78, 5) is 4.94. The Morgan fingerprint density at radius 1 is 0.274 bits per heavy atom. The Labute approximate surface area is 424 Å². The van der Waals surface area contributed by atoms with Gasteiger partial charge in [0.05, 0.1) is 43.5 Å². The number of hydrogen-bond acceptors (Lipinski definition) is 5. The predicted molar refractivity (Wildman–Crippen MR) is 309 cm³/mol. The van der Waals surface area contributed by atoms with Gasteiger partial charge in [0, 0.05) is 43.4 Å². The Hall–Kier alpha value is -9.42. The molecule has 342 valence electrons. The largest absolute Gasteiger partial charge is 0.454 e. The number of nitrogens with zero attached hydrogens (tertiary/aromatic N) is 2. The van der Waals surface area contributed by atoms with Crippen LogP contribution in [0.1, 0.15) is 0 Å². The van der Waals surface area contributed by atoms with Crippen LogP contribution in [0, 0.1) is 0 Å². The number of thiophene rings is 1. The van der Waals surface area contributed by atoms with Gasteiger partial charge in [-0.1, -0.05) is 206 Å². The highest BCUT2D eigenvalue weighted by Crippen LogP contribution is 2.56. The summed E-state index contributed by atoms with van der Waals surface area (Å²) in [6.07, 6.45) is 0. The summed E-state index contributed by atoms with van der Waals surface area (Å²) in [6, 6.07) is 91.6. The monoisotopic (exact) mass is 950 g/mol. The number of para-hydroxylation sites is 6. The highest BCUT2D eigenvalue weighted by Gasteiger charge is 2.30. The first-order valence-electron chi connectivity index (χ1n) is 24.7. The molecule has 0 saturated heterocycles. The van der Waals surface area contributed by atoms with Crippen LogP contribution in [0.3, 0.4) is 0 Å². The maximum Gasteiger partial charge on any atom is 0.159 e. The minimum absolute atomic E-state index is 0.836. The molecular weight excluding hydrogens is 909 g/mol.